The van der Waals surface area contributed by atoms with Crippen molar-refractivity contribution >= 4 is 5.91 Å². The number of hydrogen-bond donors (Lipinski definition) is 2. The monoisotopic (exact) mass is 227 g/mol. The van der Waals surface area contributed by atoms with Gasteiger partial charge < -0.3 is 16.4 Å². The van der Waals surface area contributed by atoms with Gasteiger partial charge in [-0.1, -0.05) is 19.8 Å². The van der Waals surface area contributed by atoms with Crippen LogP contribution < -0.4 is 11.5 Å². The topological polar surface area (TPSA) is 72.3 Å². The minimum atomic E-state index is -0.511. The highest BCUT2D eigenvalue weighted by Gasteiger charge is 2.19. The largest absolute Gasteiger partial charge is 0.368 e. The van der Waals surface area contributed by atoms with Crippen molar-refractivity contribution in [2.75, 3.05) is 19.6 Å². The lowest BCUT2D eigenvalue weighted by Crippen LogP contribution is -2.46. The minimum absolute atomic E-state index is 0.394. The molecule has 4 N–H and O–H groups in total. The summed E-state index contributed by atoms with van der Waals surface area (Å²) in [7, 11) is 0. The Morgan fingerprint density at radius 3 is 2.81 bits per heavy atom. The van der Waals surface area contributed by atoms with Crippen LogP contribution in [-0.2, 0) is 4.79 Å². The molecule has 16 heavy (non-hydrogen) atoms. The summed E-state index contributed by atoms with van der Waals surface area (Å²) in [5, 5.41) is 0. The molecule has 1 aliphatic rings. The summed E-state index contributed by atoms with van der Waals surface area (Å²) in [5.74, 6) is 0.467. The predicted molar refractivity (Wildman–Crippen MR) is 65.9 cm³/mol. The molecule has 0 aromatic heterocycles. The SMILES string of the molecule is CCCC1CCCN(CC(N)C(N)=O)CC1. The lowest BCUT2D eigenvalue weighted by molar-refractivity contribution is -0.119. The second-order valence-electron chi connectivity index (χ2n) is 4.90. The first kappa shape index (κ1) is 13.5. The molecular weight excluding hydrogens is 202 g/mol. The molecule has 0 radical (unpaired) electrons. The molecule has 1 heterocycles. The number of carbonyl (C=O) groups is 1. The lowest BCUT2D eigenvalue weighted by Gasteiger charge is -2.22. The Balaban J connectivity index is 2.32. The van der Waals surface area contributed by atoms with E-state index in [0.717, 1.165) is 19.0 Å². The third kappa shape index (κ3) is 4.49. The summed E-state index contributed by atoms with van der Waals surface area (Å²) < 4.78 is 0. The Morgan fingerprint density at radius 1 is 1.44 bits per heavy atom. The van der Waals surface area contributed by atoms with E-state index in [1.807, 2.05) is 0 Å². The van der Waals surface area contributed by atoms with Gasteiger partial charge in [0.05, 0.1) is 6.04 Å². The van der Waals surface area contributed by atoms with E-state index in [1.165, 1.54) is 32.1 Å². The second kappa shape index (κ2) is 6.86. The molecule has 0 bridgehead atoms. The number of hydrogen-bond acceptors (Lipinski definition) is 3. The maximum absolute atomic E-state index is 10.9. The fourth-order valence-electron chi connectivity index (χ4n) is 2.47. The summed E-state index contributed by atoms with van der Waals surface area (Å²) in [6, 6.07) is -0.511. The smallest absolute Gasteiger partial charge is 0.235 e. The summed E-state index contributed by atoms with van der Waals surface area (Å²) in [6.45, 7) is 4.98. The second-order valence-corrected chi connectivity index (χ2v) is 4.90. The summed E-state index contributed by atoms with van der Waals surface area (Å²) in [5.41, 5.74) is 10.9. The molecule has 94 valence electrons. The Kier molecular flexibility index (Phi) is 5.77. The van der Waals surface area contributed by atoms with Crippen molar-refractivity contribution < 1.29 is 4.79 Å². The highest BCUT2D eigenvalue weighted by Crippen LogP contribution is 2.21. The maximum Gasteiger partial charge on any atom is 0.235 e. The molecule has 0 saturated carbocycles. The van der Waals surface area contributed by atoms with Gasteiger partial charge in [0.15, 0.2) is 0 Å². The van der Waals surface area contributed by atoms with Gasteiger partial charge in [-0.05, 0) is 38.3 Å². The van der Waals surface area contributed by atoms with Gasteiger partial charge in [0, 0.05) is 6.54 Å². The van der Waals surface area contributed by atoms with Crippen molar-refractivity contribution in [3.63, 3.8) is 0 Å². The predicted octanol–water partition coefficient (Wildman–Crippen LogP) is 0.701. The third-order valence-electron chi connectivity index (χ3n) is 3.46. The highest BCUT2D eigenvalue weighted by molar-refractivity contribution is 5.79. The molecule has 0 aromatic carbocycles. The molecule has 2 atom stereocenters. The van der Waals surface area contributed by atoms with Crippen molar-refractivity contribution in [2.24, 2.45) is 17.4 Å². The van der Waals surface area contributed by atoms with Gasteiger partial charge in [0.25, 0.3) is 0 Å². The van der Waals surface area contributed by atoms with Crippen molar-refractivity contribution in [3.05, 3.63) is 0 Å². The van der Waals surface area contributed by atoms with Gasteiger partial charge in [-0.15, -0.1) is 0 Å². The van der Waals surface area contributed by atoms with E-state index in [1.54, 1.807) is 0 Å². The molecule has 1 aliphatic heterocycles. The van der Waals surface area contributed by atoms with E-state index in [4.69, 9.17) is 11.5 Å². The molecule has 1 rings (SSSR count). The van der Waals surface area contributed by atoms with Gasteiger partial charge >= 0.3 is 0 Å². The van der Waals surface area contributed by atoms with E-state index >= 15 is 0 Å². The standard InChI is InChI=1S/C12H25N3O/c1-2-4-10-5-3-7-15(8-6-10)9-11(13)12(14)16/h10-11H,2-9,13H2,1H3,(H2,14,16). The molecule has 2 unspecified atom stereocenters. The van der Waals surface area contributed by atoms with E-state index in [0.29, 0.717) is 6.54 Å². The Bertz CT molecular complexity index is 220. The van der Waals surface area contributed by atoms with Crippen LogP contribution >= 0.6 is 0 Å². The molecule has 1 fully saturated rings. The number of primary amides is 1. The quantitative estimate of drug-likeness (QED) is 0.726. The van der Waals surface area contributed by atoms with Crippen LogP contribution in [0.5, 0.6) is 0 Å². The zero-order valence-electron chi connectivity index (χ0n) is 10.3. The van der Waals surface area contributed by atoms with E-state index in [9.17, 15) is 4.79 Å². The van der Waals surface area contributed by atoms with Gasteiger partial charge in [0.2, 0.25) is 5.91 Å². The maximum atomic E-state index is 10.9. The van der Waals surface area contributed by atoms with Crippen LogP contribution in [0.3, 0.4) is 0 Å². The van der Waals surface area contributed by atoms with Crippen LogP contribution in [0.4, 0.5) is 0 Å². The highest BCUT2D eigenvalue weighted by atomic mass is 16.1. The first-order chi connectivity index (χ1) is 7.63. The first-order valence-corrected chi connectivity index (χ1v) is 6.40. The zero-order chi connectivity index (χ0) is 12.0. The Hall–Kier alpha value is -0.610. The molecule has 0 aliphatic carbocycles. The van der Waals surface area contributed by atoms with E-state index < -0.39 is 11.9 Å². The zero-order valence-corrected chi connectivity index (χ0v) is 10.3. The number of carbonyl (C=O) groups excluding carboxylic acids is 1. The van der Waals surface area contributed by atoms with Crippen LogP contribution in [-0.4, -0.2) is 36.5 Å². The summed E-state index contributed by atoms with van der Waals surface area (Å²) in [4.78, 5) is 13.2. The van der Waals surface area contributed by atoms with Gasteiger partial charge in [-0.2, -0.15) is 0 Å². The average molecular weight is 227 g/mol. The normalized spacial score (nSPS) is 25.0. The fourth-order valence-corrected chi connectivity index (χ4v) is 2.47. The van der Waals surface area contributed by atoms with Crippen molar-refractivity contribution in [2.45, 2.75) is 45.1 Å². The van der Waals surface area contributed by atoms with Gasteiger partial charge in [-0.25, -0.2) is 0 Å². The van der Waals surface area contributed by atoms with Crippen LogP contribution in [0.1, 0.15) is 39.0 Å². The van der Waals surface area contributed by atoms with Crippen LogP contribution in [0.15, 0.2) is 0 Å². The summed E-state index contributed by atoms with van der Waals surface area (Å²) in [6.07, 6.45) is 6.37. The fraction of sp³-hybridized carbons (Fsp3) is 0.917. The van der Waals surface area contributed by atoms with Crippen LogP contribution in [0.2, 0.25) is 0 Å². The third-order valence-corrected chi connectivity index (χ3v) is 3.46. The number of likely N-dealkylation sites (tertiary alicyclic amines) is 1. The molecule has 0 spiro atoms. The van der Waals surface area contributed by atoms with Crippen molar-refractivity contribution in [3.8, 4) is 0 Å². The minimum Gasteiger partial charge on any atom is -0.368 e. The first-order valence-electron chi connectivity index (χ1n) is 6.40. The van der Waals surface area contributed by atoms with Crippen LogP contribution in [0.25, 0.3) is 0 Å². The Morgan fingerprint density at radius 2 is 2.19 bits per heavy atom. The summed E-state index contributed by atoms with van der Waals surface area (Å²) >= 11 is 0. The lowest BCUT2D eigenvalue weighted by atomic mass is 9.96. The molecule has 4 nitrogen and oxygen atoms in total. The van der Waals surface area contributed by atoms with E-state index in [-0.39, 0.29) is 0 Å². The molecule has 0 aromatic rings. The van der Waals surface area contributed by atoms with Crippen LogP contribution in [0, 0.1) is 5.92 Å². The van der Waals surface area contributed by atoms with E-state index in [2.05, 4.69) is 11.8 Å². The van der Waals surface area contributed by atoms with Gasteiger partial charge in [-0.3, -0.25) is 4.79 Å². The number of nitrogens with zero attached hydrogens (tertiary/aromatic N) is 1. The number of nitrogens with two attached hydrogens (primary N) is 2. The van der Waals surface area contributed by atoms with Crippen molar-refractivity contribution in [1.29, 1.82) is 0 Å². The average Bonchev–Trinajstić information content (AvgIpc) is 2.44. The molecule has 4 heteroatoms. The Labute approximate surface area is 98.3 Å². The number of amides is 1. The molecule has 1 saturated heterocycles. The number of rotatable bonds is 5. The van der Waals surface area contributed by atoms with Gasteiger partial charge in [0.1, 0.15) is 0 Å². The molecular formula is C12H25N3O. The van der Waals surface area contributed by atoms with Crippen molar-refractivity contribution in [1.82, 2.24) is 4.90 Å². The molecule has 1 amide bonds.